The molecule has 5 heteroatoms. The van der Waals surface area contributed by atoms with Crippen molar-refractivity contribution in [3.05, 3.63) is 33.2 Å². The van der Waals surface area contributed by atoms with Crippen LogP contribution in [0.2, 0.25) is 0 Å². The Hall–Kier alpha value is -1.10. The van der Waals surface area contributed by atoms with Gasteiger partial charge in [0.25, 0.3) is 5.56 Å². The maximum absolute atomic E-state index is 11.9. The van der Waals surface area contributed by atoms with Crippen molar-refractivity contribution in [1.29, 1.82) is 0 Å². The second kappa shape index (κ2) is 8.25. The minimum Gasteiger partial charge on any atom is -0.352 e. The van der Waals surface area contributed by atoms with Gasteiger partial charge >= 0.3 is 0 Å². The summed E-state index contributed by atoms with van der Waals surface area (Å²) in [4.78, 5) is 23.5. The number of carbonyl (C=O) groups is 1. The molecular weight excluding hydrogens is 320 g/mol. The molecule has 112 valence electrons. The Bertz CT molecular complexity index is 497. The van der Waals surface area contributed by atoms with Crippen LogP contribution < -0.4 is 10.9 Å². The summed E-state index contributed by atoms with van der Waals surface area (Å²) in [7, 11) is 0. The highest BCUT2D eigenvalue weighted by molar-refractivity contribution is 9.10. The first-order valence-corrected chi connectivity index (χ1v) is 7.83. The van der Waals surface area contributed by atoms with Crippen molar-refractivity contribution < 1.29 is 4.79 Å². The van der Waals surface area contributed by atoms with Crippen LogP contribution in [-0.4, -0.2) is 16.5 Å². The predicted octanol–water partition coefficient (Wildman–Crippen LogP) is 2.94. The molecule has 1 heterocycles. The van der Waals surface area contributed by atoms with Crippen LogP contribution in [0, 0.1) is 5.92 Å². The van der Waals surface area contributed by atoms with E-state index in [1.165, 1.54) is 17.1 Å². The zero-order chi connectivity index (χ0) is 15.1. The maximum atomic E-state index is 11.9. The molecular formula is C15H23BrN2O2. The van der Waals surface area contributed by atoms with E-state index in [1.807, 2.05) is 6.92 Å². The number of rotatable bonds is 7. The van der Waals surface area contributed by atoms with Crippen molar-refractivity contribution in [3.63, 3.8) is 0 Å². The standard InChI is InChI=1S/C15H23BrN2O2/c1-11(2)5-4-6-12(3)17-14(19)10-18-9-13(16)7-8-15(18)20/h7-9,11-12H,4-6,10H2,1-3H3,(H,17,19). The Balaban J connectivity index is 2.43. The molecule has 1 aromatic rings. The SMILES string of the molecule is CC(C)CCCC(C)NC(=O)Cn1cc(Br)ccc1=O. The summed E-state index contributed by atoms with van der Waals surface area (Å²) in [6.07, 6.45) is 4.88. The number of amides is 1. The highest BCUT2D eigenvalue weighted by Gasteiger charge is 2.09. The van der Waals surface area contributed by atoms with Crippen LogP contribution >= 0.6 is 15.9 Å². The number of nitrogens with one attached hydrogen (secondary N) is 1. The van der Waals surface area contributed by atoms with Gasteiger partial charge in [-0.25, -0.2) is 0 Å². The first-order valence-electron chi connectivity index (χ1n) is 7.04. The minimum absolute atomic E-state index is 0.0623. The van der Waals surface area contributed by atoms with E-state index >= 15 is 0 Å². The van der Waals surface area contributed by atoms with E-state index in [0.29, 0.717) is 5.92 Å². The van der Waals surface area contributed by atoms with Gasteiger partial charge in [-0.15, -0.1) is 0 Å². The van der Waals surface area contributed by atoms with Gasteiger partial charge in [0, 0.05) is 22.8 Å². The molecule has 1 aromatic heterocycles. The molecule has 0 aliphatic carbocycles. The van der Waals surface area contributed by atoms with Gasteiger partial charge in [-0.05, 0) is 41.3 Å². The van der Waals surface area contributed by atoms with Gasteiger partial charge < -0.3 is 9.88 Å². The molecule has 1 rings (SSSR count). The smallest absolute Gasteiger partial charge is 0.251 e. The van der Waals surface area contributed by atoms with Gasteiger partial charge in [-0.3, -0.25) is 9.59 Å². The molecule has 0 saturated carbocycles. The Morgan fingerprint density at radius 1 is 1.30 bits per heavy atom. The normalized spacial score (nSPS) is 12.4. The second-order valence-corrected chi connectivity index (χ2v) is 6.52. The van der Waals surface area contributed by atoms with Crippen LogP contribution in [0.25, 0.3) is 0 Å². The molecule has 0 aliphatic rings. The highest BCUT2D eigenvalue weighted by Crippen LogP contribution is 2.08. The van der Waals surface area contributed by atoms with Gasteiger partial charge in [-0.2, -0.15) is 0 Å². The molecule has 4 nitrogen and oxygen atoms in total. The summed E-state index contributed by atoms with van der Waals surface area (Å²) in [5.74, 6) is 0.570. The van der Waals surface area contributed by atoms with Crippen LogP contribution in [0.1, 0.15) is 40.0 Å². The van der Waals surface area contributed by atoms with E-state index in [2.05, 4.69) is 35.1 Å². The van der Waals surface area contributed by atoms with Gasteiger partial charge in [0.15, 0.2) is 0 Å². The maximum Gasteiger partial charge on any atom is 0.251 e. The molecule has 0 saturated heterocycles. The third kappa shape index (κ3) is 6.37. The zero-order valence-corrected chi connectivity index (χ0v) is 13.9. The summed E-state index contributed by atoms with van der Waals surface area (Å²) in [5, 5.41) is 2.93. The number of hydrogen-bond acceptors (Lipinski definition) is 2. The fraction of sp³-hybridized carbons (Fsp3) is 0.600. The third-order valence-corrected chi connectivity index (χ3v) is 3.56. The lowest BCUT2D eigenvalue weighted by molar-refractivity contribution is -0.122. The summed E-state index contributed by atoms with van der Waals surface area (Å²) >= 11 is 3.29. The van der Waals surface area contributed by atoms with E-state index in [-0.39, 0.29) is 24.1 Å². The fourth-order valence-electron chi connectivity index (χ4n) is 2.01. The molecule has 1 amide bonds. The molecule has 0 aromatic carbocycles. The molecule has 0 aliphatic heterocycles. The number of nitrogens with zero attached hydrogens (tertiary/aromatic N) is 1. The van der Waals surface area contributed by atoms with E-state index in [9.17, 15) is 9.59 Å². The van der Waals surface area contributed by atoms with Crippen molar-refractivity contribution in [2.45, 2.75) is 52.6 Å². The van der Waals surface area contributed by atoms with Gasteiger partial charge in [0.05, 0.1) is 0 Å². The Kier molecular flexibility index (Phi) is 6.99. The van der Waals surface area contributed by atoms with Crippen LogP contribution in [0.3, 0.4) is 0 Å². The van der Waals surface area contributed by atoms with E-state index in [4.69, 9.17) is 0 Å². The second-order valence-electron chi connectivity index (χ2n) is 5.61. The summed E-state index contributed by atoms with van der Waals surface area (Å²) in [6.45, 7) is 6.46. The van der Waals surface area contributed by atoms with E-state index in [1.54, 1.807) is 12.3 Å². The highest BCUT2D eigenvalue weighted by atomic mass is 79.9. The van der Waals surface area contributed by atoms with Crippen molar-refractivity contribution in [2.75, 3.05) is 0 Å². The van der Waals surface area contributed by atoms with Gasteiger partial charge in [-0.1, -0.05) is 26.7 Å². The number of pyridine rings is 1. The molecule has 1 atom stereocenters. The lowest BCUT2D eigenvalue weighted by Crippen LogP contribution is -2.37. The minimum atomic E-state index is -0.171. The third-order valence-electron chi connectivity index (χ3n) is 3.09. The van der Waals surface area contributed by atoms with Crippen LogP contribution in [0.5, 0.6) is 0 Å². The quantitative estimate of drug-likeness (QED) is 0.828. The lowest BCUT2D eigenvalue weighted by Gasteiger charge is -2.15. The molecule has 0 bridgehead atoms. The van der Waals surface area contributed by atoms with Crippen molar-refractivity contribution in [1.82, 2.24) is 9.88 Å². The monoisotopic (exact) mass is 342 g/mol. The number of hydrogen-bond donors (Lipinski definition) is 1. The molecule has 1 unspecified atom stereocenters. The molecule has 20 heavy (non-hydrogen) atoms. The average Bonchev–Trinajstić information content (AvgIpc) is 2.33. The van der Waals surface area contributed by atoms with Crippen molar-refractivity contribution >= 4 is 21.8 Å². The first kappa shape index (κ1) is 17.0. The van der Waals surface area contributed by atoms with Crippen LogP contribution in [-0.2, 0) is 11.3 Å². The topological polar surface area (TPSA) is 51.1 Å². The van der Waals surface area contributed by atoms with E-state index < -0.39 is 0 Å². The summed E-state index contributed by atoms with van der Waals surface area (Å²) < 4.78 is 2.19. The van der Waals surface area contributed by atoms with Crippen LogP contribution in [0.15, 0.2) is 27.6 Å². The van der Waals surface area contributed by atoms with Crippen molar-refractivity contribution in [3.8, 4) is 0 Å². The molecule has 0 radical (unpaired) electrons. The lowest BCUT2D eigenvalue weighted by atomic mass is 10.0. The number of aromatic nitrogens is 1. The Morgan fingerprint density at radius 3 is 2.65 bits per heavy atom. The largest absolute Gasteiger partial charge is 0.352 e. The number of halogens is 1. The average molecular weight is 343 g/mol. The predicted molar refractivity (Wildman–Crippen MR) is 84.7 cm³/mol. The van der Waals surface area contributed by atoms with Crippen LogP contribution in [0.4, 0.5) is 0 Å². The number of carbonyl (C=O) groups excluding carboxylic acids is 1. The summed E-state index contributed by atoms with van der Waals surface area (Å²) in [6, 6.07) is 3.26. The van der Waals surface area contributed by atoms with Gasteiger partial charge in [0.2, 0.25) is 5.91 Å². The first-order chi connectivity index (χ1) is 9.38. The van der Waals surface area contributed by atoms with Gasteiger partial charge in [0.1, 0.15) is 6.54 Å². The Morgan fingerprint density at radius 2 is 2.00 bits per heavy atom. The fourth-order valence-corrected chi connectivity index (χ4v) is 2.38. The molecule has 1 N–H and O–H groups in total. The van der Waals surface area contributed by atoms with E-state index in [0.717, 1.165) is 17.3 Å². The Labute approximate surface area is 128 Å². The van der Waals surface area contributed by atoms with Crippen molar-refractivity contribution in [2.24, 2.45) is 5.92 Å². The molecule has 0 fully saturated rings. The molecule has 0 spiro atoms. The zero-order valence-electron chi connectivity index (χ0n) is 12.4. The summed E-state index contributed by atoms with van der Waals surface area (Å²) in [5.41, 5.74) is -0.171.